The number of nitrogens with one attached hydrogen (secondary N) is 1. The van der Waals surface area contributed by atoms with E-state index in [1.165, 1.54) is 12.8 Å². The quantitative estimate of drug-likeness (QED) is 0.604. The lowest BCUT2D eigenvalue weighted by Gasteiger charge is -2.01. The van der Waals surface area contributed by atoms with Gasteiger partial charge in [0.1, 0.15) is 0 Å². The summed E-state index contributed by atoms with van der Waals surface area (Å²) in [6.07, 6.45) is 2.79. The first-order chi connectivity index (χ1) is 5.33. The van der Waals surface area contributed by atoms with Gasteiger partial charge in [0.25, 0.3) is 0 Å². The lowest BCUT2D eigenvalue weighted by atomic mass is 10.4. The SMILES string of the molecule is CCS(=O)CCNCC1CC1. The van der Waals surface area contributed by atoms with Crippen LogP contribution in [-0.4, -0.2) is 28.8 Å². The molecule has 0 bridgehead atoms. The van der Waals surface area contributed by atoms with Gasteiger partial charge >= 0.3 is 0 Å². The summed E-state index contributed by atoms with van der Waals surface area (Å²) in [7, 11) is -0.584. The predicted octanol–water partition coefficient (Wildman–Crippen LogP) is 0.755. The molecule has 1 fully saturated rings. The van der Waals surface area contributed by atoms with Crippen LogP contribution >= 0.6 is 0 Å². The molecule has 66 valence electrons. The lowest BCUT2D eigenvalue weighted by molar-refractivity contribution is 0.652. The van der Waals surface area contributed by atoms with Gasteiger partial charge in [0.15, 0.2) is 0 Å². The lowest BCUT2D eigenvalue weighted by Crippen LogP contribution is -2.23. The van der Waals surface area contributed by atoms with E-state index in [9.17, 15) is 4.21 Å². The van der Waals surface area contributed by atoms with Gasteiger partial charge in [0.05, 0.1) is 0 Å². The maximum absolute atomic E-state index is 10.9. The summed E-state index contributed by atoms with van der Waals surface area (Å²) < 4.78 is 10.9. The molecule has 2 nitrogen and oxygen atoms in total. The Morgan fingerprint density at radius 3 is 2.82 bits per heavy atom. The van der Waals surface area contributed by atoms with Gasteiger partial charge in [0, 0.05) is 28.9 Å². The van der Waals surface area contributed by atoms with E-state index in [-0.39, 0.29) is 0 Å². The van der Waals surface area contributed by atoms with Gasteiger partial charge in [-0.1, -0.05) is 6.92 Å². The Morgan fingerprint density at radius 2 is 2.27 bits per heavy atom. The predicted molar refractivity (Wildman–Crippen MR) is 49.1 cm³/mol. The molecule has 0 saturated heterocycles. The number of hydrogen-bond acceptors (Lipinski definition) is 2. The molecule has 1 aliphatic carbocycles. The molecule has 0 aliphatic heterocycles. The average molecular weight is 175 g/mol. The summed E-state index contributed by atoms with van der Waals surface area (Å²) in [5, 5.41) is 3.32. The van der Waals surface area contributed by atoms with Crippen molar-refractivity contribution in [2.75, 3.05) is 24.6 Å². The van der Waals surface area contributed by atoms with Crippen molar-refractivity contribution in [1.82, 2.24) is 5.32 Å². The van der Waals surface area contributed by atoms with Gasteiger partial charge in [-0.3, -0.25) is 4.21 Å². The molecule has 1 saturated carbocycles. The van der Waals surface area contributed by atoms with Crippen LogP contribution in [0.5, 0.6) is 0 Å². The zero-order valence-electron chi connectivity index (χ0n) is 7.14. The molecule has 11 heavy (non-hydrogen) atoms. The van der Waals surface area contributed by atoms with E-state index in [0.29, 0.717) is 0 Å². The molecule has 0 aromatic heterocycles. The van der Waals surface area contributed by atoms with Gasteiger partial charge in [0.2, 0.25) is 0 Å². The summed E-state index contributed by atoms with van der Waals surface area (Å²) >= 11 is 0. The number of hydrogen-bond donors (Lipinski definition) is 1. The molecule has 0 heterocycles. The van der Waals surface area contributed by atoms with Crippen LogP contribution in [0.4, 0.5) is 0 Å². The first kappa shape index (κ1) is 9.20. The van der Waals surface area contributed by atoms with Gasteiger partial charge in [-0.05, 0) is 25.3 Å². The molecule has 0 spiro atoms. The molecule has 1 unspecified atom stereocenters. The zero-order valence-corrected chi connectivity index (χ0v) is 7.95. The molecule has 0 radical (unpaired) electrons. The Bertz CT molecular complexity index is 134. The summed E-state index contributed by atoms with van der Waals surface area (Å²) in [5.41, 5.74) is 0. The highest BCUT2D eigenvalue weighted by Crippen LogP contribution is 2.27. The summed E-state index contributed by atoms with van der Waals surface area (Å²) in [6, 6.07) is 0. The largest absolute Gasteiger partial charge is 0.316 e. The molecule has 1 N–H and O–H groups in total. The first-order valence-electron chi connectivity index (χ1n) is 4.38. The van der Waals surface area contributed by atoms with E-state index in [0.717, 1.165) is 30.5 Å². The van der Waals surface area contributed by atoms with E-state index >= 15 is 0 Å². The van der Waals surface area contributed by atoms with Crippen molar-refractivity contribution in [3.05, 3.63) is 0 Å². The second kappa shape index (κ2) is 4.88. The van der Waals surface area contributed by atoms with Gasteiger partial charge in [-0.15, -0.1) is 0 Å². The third-order valence-electron chi connectivity index (χ3n) is 1.96. The average Bonchev–Trinajstić information content (AvgIpc) is 2.81. The Morgan fingerprint density at radius 1 is 1.55 bits per heavy atom. The normalized spacial score (nSPS) is 20.1. The van der Waals surface area contributed by atoms with Crippen LogP contribution in [0.2, 0.25) is 0 Å². The third kappa shape index (κ3) is 4.53. The van der Waals surface area contributed by atoms with Crippen LogP contribution in [0, 0.1) is 5.92 Å². The Hall–Kier alpha value is 0.110. The van der Waals surface area contributed by atoms with Crippen molar-refractivity contribution in [2.24, 2.45) is 5.92 Å². The fourth-order valence-electron chi connectivity index (χ4n) is 0.959. The summed E-state index contributed by atoms with van der Waals surface area (Å²) in [6.45, 7) is 4.04. The number of rotatable bonds is 6. The highest BCUT2D eigenvalue weighted by atomic mass is 32.2. The Balaban J connectivity index is 1.82. The van der Waals surface area contributed by atoms with Crippen LogP contribution in [0.3, 0.4) is 0 Å². The first-order valence-corrected chi connectivity index (χ1v) is 5.87. The molecule has 3 heteroatoms. The molecule has 1 atom stereocenters. The van der Waals surface area contributed by atoms with E-state index in [4.69, 9.17) is 0 Å². The minimum Gasteiger partial charge on any atom is -0.316 e. The van der Waals surface area contributed by atoms with E-state index < -0.39 is 10.8 Å². The van der Waals surface area contributed by atoms with Crippen LogP contribution < -0.4 is 5.32 Å². The highest BCUT2D eigenvalue weighted by molar-refractivity contribution is 7.84. The maximum Gasteiger partial charge on any atom is 0.0359 e. The second-order valence-corrected chi connectivity index (χ2v) is 4.95. The van der Waals surface area contributed by atoms with Crippen molar-refractivity contribution in [2.45, 2.75) is 19.8 Å². The minimum absolute atomic E-state index is 0.584. The van der Waals surface area contributed by atoms with Crippen LogP contribution in [0.25, 0.3) is 0 Å². The summed E-state index contributed by atoms with van der Waals surface area (Å²) in [4.78, 5) is 0. The molecule has 1 aliphatic rings. The molecule has 0 aromatic rings. The molecular weight excluding hydrogens is 158 g/mol. The topological polar surface area (TPSA) is 29.1 Å². The van der Waals surface area contributed by atoms with Crippen LogP contribution in [-0.2, 0) is 10.8 Å². The molecule has 0 aromatic carbocycles. The Labute approximate surface area is 71.2 Å². The van der Waals surface area contributed by atoms with Gasteiger partial charge in [-0.2, -0.15) is 0 Å². The second-order valence-electron chi connectivity index (χ2n) is 3.08. The van der Waals surface area contributed by atoms with Crippen LogP contribution in [0.1, 0.15) is 19.8 Å². The van der Waals surface area contributed by atoms with Gasteiger partial charge < -0.3 is 5.32 Å². The summed E-state index contributed by atoms with van der Waals surface area (Å²) in [5.74, 6) is 2.55. The maximum atomic E-state index is 10.9. The van der Waals surface area contributed by atoms with E-state index in [2.05, 4.69) is 5.32 Å². The van der Waals surface area contributed by atoms with Gasteiger partial charge in [-0.25, -0.2) is 0 Å². The molecular formula is C8H17NOS. The van der Waals surface area contributed by atoms with Crippen molar-refractivity contribution < 1.29 is 4.21 Å². The minimum atomic E-state index is -0.584. The van der Waals surface area contributed by atoms with Crippen LogP contribution in [0.15, 0.2) is 0 Å². The van der Waals surface area contributed by atoms with Crippen molar-refractivity contribution in [3.63, 3.8) is 0 Å². The molecule has 1 rings (SSSR count). The smallest absolute Gasteiger partial charge is 0.0359 e. The van der Waals surface area contributed by atoms with E-state index in [1.807, 2.05) is 6.92 Å². The fourth-order valence-corrected chi connectivity index (χ4v) is 1.62. The third-order valence-corrected chi connectivity index (χ3v) is 3.26. The fraction of sp³-hybridized carbons (Fsp3) is 1.00. The Kier molecular flexibility index (Phi) is 4.08. The van der Waals surface area contributed by atoms with Crippen molar-refractivity contribution >= 4 is 10.8 Å². The van der Waals surface area contributed by atoms with E-state index in [1.54, 1.807) is 0 Å². The molecule has 0 amide bonds. The monoisotopic (exact) mass is 175 g/mol. The van der Waals surface area contributed by atoms with Crippen molar-refractivity contribution in [1.29, 1.82) is 0 Å². The zero-order chi connectivity index (χ0) is 8.10. The van der Waals surface area contributed by atoms with Crippen molar-refractivity contribution in [3.8, 4) is 0 Å². The standard InChI is InChI=1S/C8H17NOS/c1-2-11(10)6-5-9-7-8-3-4-8/h8-9H,2-7H2,1H3. The highest BCUT2D eigenvalue weighted by Gasteiger charge is 2.19.